The van der Waals surface area contributed by atoms with E-state index < -0.39 is 91.5 Å². The minimum absolute atomic E-state index is 0.110. The molecule has 18 heteroatoms. The number of unbranched alkanes of at least 4 members (excludes halogenated alkanes) is 50. The summed E-state index contributed by atoms with van der Waals surface area (Å²) in [5, 5.41) is 20.7. The van der Waals surface area contributed by atoms with E-state index in [1.54, 1.807) is 0 Å². The average Bonchev–Trinajstić information content (AvgIpc) is 0.903. The SMILES string of the molecule is CCCCC/C=C\C/C=C\C/C=C\C/C=C\CCCCCCCCCCCCCCCCCCCC(=O)OCC(O)COP(=O)(O)OCC(O)COP(=O)(O)OCC(COC(=O)CCCCCCCCCCCCCCCCC/C=C\C/C=C\C/C=C\C/C=C\CCCCC)OC(=O)CCCCCCCCCCCCCCC. The van der Waals surface area contributed by atoms with E-state index in [1.165, 1.54) is 270 Å². The predicted molar refractivity (Wildman–Crippen MR) is 473 cm³/mol. The fraction of sp³-hybridized carbons (Fsp3) is 0.800. The van der Waals surface area contributed by atoms with Gasteiger partial charge in [0.25, 0.3) is 0 Å². The van der Waals surface area contributed by atoms with Gasteiger partial charge in [-0.15, -0.1) is 0 Å². The summed E-state index contributed by atoms with van der Waals surface area (Å²) in [7, 11) is -9.78. The molecule has 0 saturated heterocycles. The molecule has 0 rings (SSSR count). The van der Waals surface area contributed by atoms with Gasteiger partial charge in [-0.3, -0.25) is 32.5 Å². The van der Waals surface area contributed by atoms with Crippen LogP contribution in [0.5, 0.6) is 0 Å². The molecule has 0 aromatic carbocycles. The lowest BCUT2D eigenvalue weighted by Crippen LogP contribution is -2.30. The zero-order chi connectivity index (χ0) is 82.2. The summed E-state index contributed by atoms with van der Waals surface area (Å²) >= 11 is 0. The van der Waals surface area contributed by atoms with Gasteiger partial charge in [0.15, 0.2) is 6.10 Å². The Morgan fingerprint density at radius 3 is 0.717 bits per heavy atom. The molecule has 5 atom stereocenters. The molecule has 0 amide bonds. The van der Waals surface area contributed by atoms with Crippen LogP contribution in [0.2, 0.25) is 0 Å². The molecule has 16 nitrogen and oxygen atoms in total. The van der Waals surface area contributed by atoms with Crippen molar-refractivity contribution in [3.05, 3.63) is 97.2 Å². The summed E-state index contributed by atoms with van der Waals surface area (Å²) in [5.41, 5.74) is 0. The average molecular weight is 1630 g/mol. The van der Waals surface area contributed by atoms with Crippen LogP contribution in [0.4, 0.5) is 0 Å². The van der Waals surface area contributed by atoms with Crippen molar-refractivity contribution in [2.75, 3.05) is 39.6 Å². The van der Waals surface area contributed by atoms with Crippen molar-refractivity contribution in [2.24, 2.45) is 0 Å². The Balaban J connectivity index is 4.37. The standard InChI is InChI=1S/C95H172O16P2/c1-4-7-10-13-16-19-22-25-27-29-31-33-35-37-39-41-43-44-46-48-49-51-53-55-57-59-61-64-66-69-72-75-78-81-93(98)105-84-90(96)85-107-112(101,102)108-86-91(97)87-109-113(103,104)110-89-92(111-95(100)83-80-77-74-71-68-63-24-21-18-15-12-9-6-3)88-106-94(99)82-79-76-73-70-67-65-62-60-58-56-54-52-50-47-45-42-40-38-36-34-32-30-28-26-23-20-17-14-11-8-5-2/h16-17,19-20,25-28,31-34,37-40,90-92,96-97H,4-15,18,21-24,29-30,35-36,41-89H2,1-3H3,(H,101,102)(H,103,104)/b19-16-,20-17-,27-25-,28-26-,33-31-,34-32-,39-37-,40-38-. The summed E-state index contributed by atoms with van der Waals surface area (Å²) in [6, 6.07) is 0. The van der Waals surface area contributed by atoms with Gasteiger partial charge < -0.3 is 34.2 Å². The first kappa shape index (κ1) is 109. The summed E-state index contributed by atoms with van der Waals surface area (Å²) < 4.78 is 61.4. The summed E-state index contributed by atoms with van der Waals surface area (Å²) in [6.45, 7) is 2.71. The smallest absolute Gasteiger partial charge is 0.463 e. The van der Waals surface area contributed by atoms with Crippen LogP contribution in [0.25, 0.3) is 0 Å². The normalized spacial score (nSPS) is 14.2. The lowest BCUT2D eigenvalue weighted by Gasteiger charge is -2.21. The van der Waals surface area contributed by atoms with Gasteiger partial charge in [0.1, 0.15) is 25.4 Å². The molecule has 113 heavy (non-hydrogen) atoms. The highest BCUT2D eigenvalue weighted by Gasteiger charge is 2.30. The maximum atomic E-state index is 13.0. The second kappa shape index (κ2) is 87.8. The monoisotopic (exact) mass is 1630 g/mol. The third-order valence-corrected chi connectivity index (χ3v) is 22.2. The van der Waals surface area contributed by atoms with Gasteiger partial charge in [-0.25, -0.2) is 9.13 Å². The van der Waals surface area contributed by atoms with Crippen LogP contribution >= 0.6 is 15.6 Å². The number of allylic oxidation sites excluding steroid dienone is 16. The molecule has 0 aliphatic carbocycles. The molecule has 0 heterocycles. The van der Waals surface area contributed by atoms with Crippen molar-refractivity contribution in [2.45, 2.75) is 450 Å². The summed E-state index contributed by atoms with van der Waals surface area (Å²) in [4.78, 5) is 58.9. The molecule has 0 aliphatic rings. The van der Waals surface area contributed by atoms with Crippen LogP contribution in [-0.4, -0.2) is 95.9 Å². The Kier molecular flexibility index (Phi) is 85.0. The lowest BCUT2D eigenvalue weighted by molar-refractivity contribution is -0.161. The second-order valence-corrected chi connectivity index (χ2v) is 34.4. The molecule has 658 valence electrons. The van der Waals surface area contributed by atoms with Crippen molar-refractivity contribution in [3.8, 4) is 0 Å². The van der Waals surface area contributed by atoms with Crippen LogP contribution in [0.3, 0.4) is 0 Å². The first-order valence-electron chi connectivity index (χ1n) is 46.5. The Morgan fingerprint density at radius 2 is 0.442 bits per heavy atom. The number of phosphoric ester groups is 2. The van der Waals surface area contributed by atoms with Gasteiger partial charge in [0.2, 0.25) is 0 Å². The van der Waals surface area contributed by atoms with Crippen molar-refractivity contribution in [1.29, 1.82) is 0 Å². The number of hydrogen-bond donors (Lipinski definition) is 4. The summed E-state index contributed by atoms with van der Waals surface area (Å²) in [5.74, 6) is -1.55. The Hall–Kier alpha value is -3.53. The predicted octanol–water partition coefficient (Wildman–Crippen LogP) is 28.4. The number of carbonyl (C=O) groups is 3. The molecular weight excluding hydrogens is 1460 g/mol. The minimum atomic E-state index is -4.93. The van der Waals surface area contributed by atoms with Gasteiger partial charge in [-0.1, -0.05) is 401 Å². The third-order valence-electron chi connectivity index (χ3n) is 20.3. The zero-order valence-electron chi connectivity index (χ0n) is 72.5. The molecule has 5 unspecified atom stereocenters. The Bertz CT molecular complexity index is 2440. The van der Waals surface area contributed by atoms with E-state index in [0.717, 1.165) is 103 Å². The molecule has 0 aromatic heterocycles. The van der Waals surface area contributed by atoms with Crippen molar-refractivity contribution in [3.63, 3.8) is 0 Å². The second-order valence-electron chi connectivity index (χ2n) is 31.5. The number of aliphatic hydroxyl groups excluding tert-OH is 2. The highest BCUT2D eigenvalue weighted by molar-refractivity contribution is 7.47. The molecule has 0 aromatic rings. The molecular formula is C95H172O16P2. The molecule has 4 N–H and O–H groups in total. The number of hydrogen-bond acceptors (Lipinski definition) is 14. The summed E-state index contributed by atoms with van der Waals surface area (Å²) in [6.07, 6.45) is 105. The van der Waals surface area contributed by atoms with Crippen LogP contribution in [0.1, 0.15) is 432 Å². The van der Waals surface area contributed by atoms with Crippen molar-refractivity contribution in [1.82, 2.24) is 0 Å². The first-order chi connectivity index (χ1) is 55.2. The number of rotatable bonds is 89. The minimum Gasteiger partial charge on any atom is -0.463 e. The highest BCUT2D eigenvalue weighted by Crippen LogP contribution is 2.45. The van der Waals surface area contributed by atoms with Gasteiger partial charge in [-0.2, -0.15) is 0 Å². The third kappa shape index (κ3) is 89.1. The molecule has 0 bridgehead atoms. The van der Waals surface area contributed by atoms with E-state index in [2.05, 4.69) is 118 Å². The fourth-order valence-corrected chi connectivity index (χ4v) is 14.8. The van der Waals surface area contributed by atoms with Gasteiger partial charge in [0, 0.05) is 19.3 Å². The zero-order valence-corrected chi connectivity index (χ0v) is 74.3. The lowest BCUT2D eigenvalue weighted by atomic mass is 10.0. The van der Waals surface area contributed by atoms with E-state index in [4.69, 9.17) is 32.3 Å². The van der Waals surface area contributed by atoms with Gasteiger partial charge >= 0.3 is 33.6 Å². The van der Waals surface area contributed by atoms with E-state index in [0.29, 0.717) is 19.3 Å². The highest BCUT2D eigenvalue weighted by atomic mass is 31.2. The van der Waals surface area contributed by atoms with Gasteiger partial charge in [-0.05, 0) is 109 Å². The number of esters is 3. The first-order valence-corrected chi connectivity index (χ1v) is 49.5. The van der Waals surface area contributed by atoms with E-state index >= 15 is 0 Å². The van der Waals surface area contributed by atoms with Crippen LogP contribution in [0.15, 0.2) is 97.2 Å². The quantitative estimate of drug-likeness (QED) is 0.0146. The van der Waals surface area contributed by atoms with Crippen molar-refractivity contribution < 1.29 is 75.8 Å². The molecule has 0 saturated carbocycles. The maximum Gasteiger partial charge on any atom is 0.472 e. The van der Waals surface area contributed by atoms with Crippen LogP contribution in [0, 0.1) is 0 Å². The number of phosphoric acid groups is 2. The number of aliphatic hydroxyl groups is 2. The fourth-order valence-electron chi connectivity index (χ4n) is 13.2. The number of ether oxygens (including phenoxy) is 3. The molecule has 0 spiro atoms. The molecule has 0 radical (unpaired) electrons. The molecule has 0 fully saturated rings. The van der Waals surface area contributed by atoms with E-state index in [9.17, 15) is 43.5 Å². The maximum absolute atomic E-state index is 13.0. The number of carbonyl (C=O) groups excluding carboxylic acids is 3. The van der Waals surface area contributed by atoms with Gasteiger partial charge in [0.05, 0.1) is 26.4 Å². The van der Waals surface area contributed by atoms with E-state index in [1.807, 2.05) is 0 Å². The Morgan fingerprint density at radius 1 is 0.248 bits per heavy atom. The largest absolute Gasteiger partial charge is 0.472 e. The Labute approximate surface area is 692 Å². The van der Waals surface area contributed by atoms with Crippen molar-refractivity contribution >= 4 is 33.6 Å². The topological polar surface area (TPSA) is 231 Å². The van der Waals surface area contributed by atoms with Crippen LogP contribution < -0.4 is 0 Å². The van der Waals surface area contributed by atoms with E-state index in [-0.39, 0.29) is 19.3 Å². The molecule has 0 aliphatic heterocycles. The van der Waals surface area contributed by atoms with Crippen LogP contribution in [-0.2, 0) is 55.8 Å².